The monoisotopic (exact) mass is 338 g/mol. The number of para-hydroxylation sites is 1. The Hall–Kier alpha value is -2.49. The lowest BCUT2D eigenvalue weighted by Gasteiger charge is -2.32. The third-order valence-corrected chi connectivity index (χ3v) is 4.58. The third-order valence-electron chi connectivity index (χ3n) is 4.58. The highest BCUT2D eigenvalue weighted by Gasteiger charge is 2.23. The maximum Gasteiger partial charge on any atom is 0.409 e. The number of benzene rings is 2. The number of aryl methyl sites for hydroxylation is 1. The standard InChI is InChI=1S/C21H26N2O2/c24-21(25-17-7-10-18-8-3-1-4-9-18)23-15-13-20(14-16-23)22-19-11-5-2-6-12-19/h1-6,8-9,11-12,20,22H,7,10,13-17H2. The molecule has 4 heteroatoms. The molecule has 0 radical (unpaired) electrons. The van der Waals surface area contributed by atoms with E-state index in [1.54, 1.807) is 0 Å². The number of anilines is 1. The number of amides is 1. The van der Waals surface area contributed by atoms with Crippen LogP contribution in [0.1, 0.15) is 24.8 Å². The molecule has 1 heterocycles. The summed E-state index contributed by atoms with van der Waals surface area (Å²) in [6.45, 7) is 1.99. The Labute approximate surface area is 149 Å². The van der Waals surface area contributed by atoms with Gasteiger partial charge in [0.1, 0.15) is 0 Å². The van der Waals surface area contributed by atoms with Crippen LogP contribution in [0.15, 0.2) is 60.7 Å². The minimum absolute atomic E-state index is 0.175. The molecule has 4 nitrogen and oxygen atoms in total. The lowest BCUT2D eigenvalue weighted by Crippen LogP contribution is -2.42. The van der Waals surface area contributed by atoms with Crippen LogP contribution in [-0.2, 0) is 11.2 Å². The molecule has 3 rings (SSSR count). The first-order chi connectivity index (χ1) is 12.3. The van der Waals surface area contributed by atoms with E-state index in [-0.39, 0.29) is 6.09 Å². The summed E-state index contributed by atoms with van der Waals surface area (Å²) in [5.74, 6) is 0. The molecule has 1 aliphatic heterocycles. The Morgan fingerprint density at radius 1 is 1.00 bits per heavy atom. The number of carbonyl (C=O) groups is 1. The number of carbonyl (C=O) groups excluding carboxylic acids is 1. The van der Waals surface area contributed by atoms with E-state index >= 15 is 0 Å². The third kappa shape index (κ3) is 5.52. The number of hydrogen-bond acceptors (Lipinski definition) is 3. The van der Waals surface area contributed by atoms with Gasteiger partial charge in [0, 0.05) is 24.8 Å². The van der Waals surface area contributed by atoms with Gasteiger partial charge in [0.05, 0.1) is 6.61 Å². The lowest BCUT2D eigenvalue weighted by molar-refractivity contribution is 0.0930. The van der Waals surface area contributed by atoms with Crippen molar-refractivity contribution >= 4 is 11.8 Å². The molecule has 0 aromatic heterocycles. The van der Waals surface area contributed by atoms with Gasteiger partial charge in [-0.05, 0) is 43.4 Å². The van der Waals surface area contributed by atoms with Gasteiger partial charge >= 0.3 is 6.09 Å². The molecule has 1 aliphatic rings. The summed E-state index contributed by atoms with van der Waals surface area (Å²) in [4.78, 5) is 14.0. The first kappa shape index (κ1) is 17.3. The second-order valence-corrected chi connectivity index (χ2v) is 6.48. The van der Waals surface area contributed by atoms with Crippen LogP contribution in [0, 0.1) is 0 Å². The van der Waals surface area contributed by atoms with Gasteiger partial charge in [-0.3, -0.25) is 0 Å². The minimum Gasteiger partial charge on any atom is -0.449 e. The maximum absolute atomic E-state index is 12.2. The number of likely N-dealkylation sites (tertiary alicyclic amines) is 1. The molecular formula is C21H26N2O2. The fourth-order valence-electron chi connectivity index (χ4n) is 3.15. The zero-order valence-corrected chi connectivity index (χ0v) is 14.6. The molecule has 1 fully saturated rings. The van der Waals surface area contributed by atoms with Crippen LogP contribution in [0.3, 0.4) is 0 Å². The second-order valence-electron chi connectivity index (χ2n) is 6.48. The van der Waals surface area contributed by atoms with Crippen molar-refractivity contribution in [3.63, 3.8) is 0 Å². The largest absolute Gasteiger partial charge is 0.449 e. The Bertz CT molecular complexity index is 637. The summed E-state index contributed by atoms with van der Waals surface area (Å²) in [7, 11) is 0. The molecule has 25 heavy (non-hydrogen) atoms. The van der Waals surface area contributed by atoms with Crippen molar-refractivity contribution in [3.8, 4) is 0 Å². The molecule has 0 spiro atoms. The van der Waals surface area contributed by atoms with Gasteiger partial charge in [-0.2, -0.15) is 0 Å². The number of nitrogens with one attached hydrogen (secondary N) is 1. The quantitative estimate of drug-likeness (QED) is 0.797. The molecule has 0 aliphatic carbocycles. The van der Waals surface area contributed by atoms with Crippen LogP contribution in [0.5, 0.6) is 0 Å². The molecule has 1 saturated heterocycles. The van der Waals surface area contributed by atoms with Crippen molar-refractivity contribution in [2.24, 2.45) is 0 Å². The second kappa shape index (κ2) is 9.11. The normalized spacial score (nSPS) is 15.0. The highest BCUT2D eigenvalue weighted by Crippen LogP contribution is 2.17. The molecule has 1 N–H and O–H groups in total. The molecule has 132 valence electrons. The van der Waals surface area contributed by atoms with Crippen LogP contribution in [0.2, 0.25) is 0 Å². The number of hydrogen-bond donors (Lipinski definition) is 1. The number of piperidine rings is 1. The van der Waals surface area contributed by atoms with Crippen LogP contribution in [-0.4, -0.2) is 36.7 Å². The van der Waals surface area contributed by atoms with Gasteiger partial charge in [-0.15, -0.1) is 0 Å². The molecule has 2 aromatic rings. The number of nitrogens with zero attached hydrogens (tertiary/aromatic N) is 1. The SMILES string of the molecule is O=C(OCCCc1ccccc1)N1CCC(Nc2ccccc2)CC1. The topological polar surface area (TPSA) is 41.6 Å². The fourth-order valence-corrected chi connectivity index (χ4v) is 3.15. The van der Waals surface area contributed by atoms with Gasteiger partial charge in [0.25, 0.3) is 0 Å². The van der Waals surface area contributed by atoms with E-state index in [1.807, 2.05) is 41.3 Å². The van der Waals surface area contributed by atoms with E-state index in [1.165, 1.54) is 5.56 Å². The van der Waals surface area contributed by atoms with Gasteiger partial charge in [0.15, 0.2) is 0 Å². The summed E-state index contributed by atoms with van der Waals surface area (Å²) >= 11 is 0. The highest BCUT2D eigenvalue weighted by atomic mass is 16.6. The van der Waals surface area contributed by atoms with E-state index in [0.29, 0.717) is 12.6 Å². The Kier molecular flexibility index (Phi) is 6.32. The van der Waals surface area contributed by atoms with E-state index in [4.69, 9.17) is 4.74 Å². The summed E-state index contributed by atoms with van der Waals surface area (Å²) < 4.78 is 5.42. The number of rotatable bonds is 6. The van der Waals surface area contributed by atoms with E-state index in [2.05, 4.69) is 29.6 Å². The van der Waals surface area contributed by atoms with Gasteiger partial charge in [0.2, 0.25) is 0 Å². The van der Waals surface area contributed by atoms with Crippen LogP contribution in [0.25, 0.3) is 0 Å². The molecule has 1 amide bonds. The van der Waals surface area contributed by atoms with E-state index < -0.39 is 0 Å². The molecule has 2 aromatic carbocycles. The maximum atomic E-state index is 12.2. The molecule has 0 bridgehead atoms. The first-order valence-corrected chi connectivity index (χ1v) is 9.08. The van der Waals surface area contributed by atoms with Gasteiger partial charge < -0.3 is 15.0 Å². The summed E-state index contributed by atoms with van der Waals surface area (Å²) in [5, 5.41) is 3.53. The van der Waals surface area contributed by atoms with Gasteiger partial charge in [-0.1, -0.05) is 48.5 Å². The number of ether oxygens (including phenoxy) is 1. The van der Waals surface area contributed by atoms with Crippen molar-refractivity contribution in [1.29, 1.82) is 0 Å². The average Bonchev–Trinajstić information content (AvgIpc) is 2.67. The fraction of sp³-hybridized carbons (Fsp3) is 0.381. The predicted octanol–water partition coefficient (Wildman–Crippen LogP) is 4.33. The zero-order chi connectivity index (χ0) is 17.3. The van der Waals surface area contributed by atoms with Crippen LogP contribution in [0.4, 0.5) is 10.5 Å². The van der Waals surface area contributed by atoms with Crippen molar-refractivity contribution in [3.05, 3.63) is 66.2 Å². The van der Waals surface area contributed by atoms with E-state index in [0.717, 1.165) is 44.5 Å². The Morgan fingerprint density at radius 3 is 2.32 bits per heavy atom. The lowest BCUT2D eigenvalue weighted by atomic mass is 10.1. The average molecular weight is 338 g/mol. The minimum atomic E-state index is -0.175. The van der Waals surface area contributed by atoms with Crippen molar-refractivity contribution in [2.45, 2.75) is 31.7 Å². The first-order valence-electron chi connectivity index (χ1n) is 9.08. The van der Waals surface area contributed by atoms with E-state index in [9.17, 15) is 4.79 Å². The van der Waals surface area contributed by atoms with Crippen molar-refractivity contribution in [2.75, 3.05) is 25.0 Å². The van der Waals surface area contributed by atoms with Crippen LogP contribution < -0.4 is 5.32 Å². The molecule has 0 saturated carbocycles. The zero-order valence-electron chi connectivity index (χ0n) is 14.6. The molecular weight excluding hydrogens is 312 g/mol. The van der Waals surface area contributed by atoms with Crippen LogP contribution >= 0.6 is 0 Å². The molecule has 0 unspecified atom stereocenters. The van der Waals surface area contributed by atoms with Gasteiger partial charge in [-0.25, -0.2) is 4.79 Å². The van der Waals surface area contributed by atoms with Crippen molar-refractivity contribution < 1.29 is 9.53 Å². The summed E-state index contributed by atoms with van der Waals surface area (Å²) in [5.41, 5.74) is 2.43. The summed E-state index contributed by atoms with van der Waals surface area (Å²) in [6.07, 6.45) is 3.53. The Morgan fingerprint density at radius 2 is 1.64 bits per heavy atom. The highest BCUT2D eigenvalue weighted by molar-refractivity contribution is 5.67. The van der Waals surface area contributed by atoms with Crippen molar-refractivity contribution in [1.82, 2.24) is 4.90 Å². The summed E-state index contributed by atoms with van der Waals surface area (Å²) in [6, 6.07) is 20.9. The smallest absolute Gasteiger partial charge is 0.409 e. The Balaban J connectivity index is 1.33. The predicted molar refractivity (Wildman–Crippen MR) is 101 cm³/mol. The molecule has 0 atom stereocenters.